The Hall–Kier alpha value is -0.320. The molecule has 2 fully saturated rings. The minimum atomic E-state index is 0. The number of carbonyl (C=O) groups excluding carboxylic acids is 1. The van der Waals surface area contributed by atoms with Crippen molar-refractivity contribution in [1.82, 2.24) is 5.32 Å². The quantitative estimate of drug-likeness (QED) is 0.767. The van der Waals surface area contributed by atoms with Gasteiger partial charge in [-0.2, -0.15) is 0 Å². The summed E-state index contributed by atoms with van der Waals surface area (Å²) in [6.45, 7) is 1.29. The maximum Gasteiger partial charge on any atom is 0.223 e. The molecular weight excluding hydrogens is 276 g/mol. The van der Waals surface area contributed by atoms with Crippen LogP contribution in [-0.2, 0) is 9.53 Å². The molecule has 2 aliphatic carbocycles. The predicted octanol–water partition coefficient (Wildman–Crippen LogP) is 2.39. The molecule has 2 aliphatic rings. The number of carbonyl (C=O) groups is 1. The first kappa shape index (κ1) is 17.7. The first-order chi connectivity index (χ1) is 9.25. The Kier molecular flexibility index (Phi) is 8.50. The fourth-order valence-corrected chi connectivity index (χ4v) is 3.24. The van der Waals surface area contributed by atoms with Crippen molar-refractivity contribution in [2.75, 3.05) is 13.2 Å². The second-order valence-corrected chi connectivity index (χ2v) is 6.05. The van der Waals surface area contributed by atoms with Crippen LogP contribution in [0.25, 0.3) is 0 Å². The number of nitrogens with one attached hydrogen (secondary N) is 1. The van der Waals surface area contributed by atoms with Crippen LogP contribution in [0.2, 0.25) is 0 Å². The summed E-state index contributed by atoms with van der Waals surface area (Å²) in [4.78, 5) is 12.0. The number of halogens is 1. The molecule has 0 heterocycles. The summed E-state index contributed by atoms with van der Waals surface area (Å²) >= 11 is 0. The summed E-state index contributed by atoms with van der Waals surface area (Å²) in [6.07, 6.45) is 10.7. The van der Waals surface area contributed by atoms with E-state index >= 15 is 0 Å². The molecule has 20 heavy (non-hydrogen) atoms. The first-order valence-electron chi connectivity index (χ1n) is 7.90. The van der Waals surface area contributed by atoms with Gasteiger partial charge in [0.2, 0.25) is 5.91 Å². The second kappa shape index (κ2) is 9.59. The SMILES string of the molecule is Cl.NC1CCCC(C(=O)NCCOC2CCCCC2)C1. The van der Waals surface area contributed by atoms with E-state index in [1.54, 1.807) is 0 Å². The summed E-state index contributed by atoms with van der Waals surface area (Å²) in [6, 6.07) is 0.211. The molecule has 0 spiro atoms. The van der Waals surface area contributed by atoms with E-state index in [-0.39, 0.29) is 30.3 Å². The maximum absolute atomic E-state index is 12.0. The Labute approximate surface area is 128 Å². The van der Waals surface area contributed by atoms with E-state index in [1.807, 2.05) is 0 Å². The second-order valence-electron chi connectivity index (χ2n) is 6.05. The van der Waals surface area contributed by atoms with Crippen LogP contribution in [0.1, 0.15) is 57.8 Å². The topological polar surface area (TPSA) is 64.4 Å². The number of nitrogens with two attached hydrogens (primary N) is 1. The van der Waals surface area contributed by atoms with E-state index in [0.29, 0.717) is 19.3 Å². The van der Waals surface area contributed by atoms with E-state index in [0.717, 1.165) is 25.7 Å². The molecule has 1 amide bonds. The zero-order valence-corrected chi connectivity index (χ0v) is 13.1. The highest BCUT2D eigenvalue weighted by atomic mass is 35.5. The van der Waals surface area contributed by atoms with Gasteiger partial charge in [-0.1, -0.05) is 25.7 Å². The van der Waals surface area contributed by atoms with Gasteiger partial charge in [0.05, 0.1) is 12.7 Å². The van der Waals surface area contributed by atoms with Gasteiger partial charge in [-0.15, -0.1) is 12.4 Å². The number of hydrogen-bond donors (Lipinski definition) is 2. The van der Waals surface area contributed by atoms with Crippen molar-refractivity contribution in [2.24, 2.45) is 11.7 Å². The summed E-state index contributed by atoms with van der Waals surface area (Å²) < 4.78 is 5.80. The zero-order valence-electron chi connectivity index (χ0n) is 12.3. The van der Waals surface area contributed by atoms with Gasteiger partial charge in [0, 0.05) is 18.5 Å². The third kappa shape index (κ3) is 5.98. The highest BCUT2D eigenvalue weighted by molar-refractivity contribution is 5.85. The lowest BCUT2D eigenvalue weighted by Crippen LogP contribution is -2.39. The van der Waals surface area contributed by atoms with Crippen molar-refractivity contribution in [3.63, 3.8) is 0 Å². The monoisotopic (exact) mass is 304 g/mol. The Balaban J connectivity index is 0.00000200. The normalized spacial score (nSPS) is 27.6. The minimum Gasteiger partial charge on any atom is -0.376 e. The summed E-state index contributed by atoms with van der Waals surface area (Å²) in [5.41, 5.74) is 5.91. The molecular formula is C15H29ClN2O2. The van der Waals surface area contributed by atoms with Gasteiger partial charge < -0.3 is 15.8 Å². The van der Waals surface area contributed by atoms with E-state index in [2.05, 4.69) is 5.32 Å². The van der Waals surface area contributed by atoms with Crippen LogP contribution in [0.5, 0.6) is 0 Å². The van der Waals surface area contributed by atoms with Gasteiger partial charge in [0.1, 0.15) is 0 Å². The van der Waals surface area contributed by atoms with Crippen molar-refractivity contribution in [3.8, 4) is 0 Å². The Morgan fingerprint density at radius 2 is 1.85 bits per heavy atom. The Morgan fingerprint density at radius 1 is 1.10 bits per heavy atom. The number of ether oxygens (including phenoxy) is 1. The fraction of sp³-hybridized carbons (Fsp3) is 0.933. The van der Waals surface area contributed by atoms with Crippen molar-refractivity contribution in [3.05, 3.63) is 0 Å². The number of amides is 1. The molecule has 2 rings (SSSR count). The lowest BCUT2D eigenvalue weighted by atomic mass is 9.85. The van der Waals surface area contributed by atoms with Crippen molar-refractivity contribution >= 4 is 18.3 Å². The van der Waals surface area contributed by atoms with Gasteiger partial charge in [-0.05, 0) is 32.1 Å². The van der Waals surface area contributed by atoms with Gasteiger partial charge in [0.15, 0.2) is 0 Å². The molecule has 0 aromatic heterocycles. The van der Waals surface area contributed by atoms with E-state index in [1.165, 1.54) is 32.1 Å². The third-order valence-electron chi connectivity index (χ3n) is 4.39. The van der Waals surface area contributed by atoms with Gasteiger partial charge in [-0.25, -0.2) is 0 Å². The molecule has 118 valence electrons. The van der Waals surface area contributed by atoms with E-state index in [4.69, 9.17) is 10.5 Å². The highest BCUT2D eigenvalue weighted by Crippen LogP contribution is 2.23. The molecule has 0 saturated heterocycles. The van der Waals surface area contributed by atoms with Crippen LogP contribution in [0, 0.1) is 5.92 Å². The first-order valence-corrected chi connectivity index (χ1v) is 7.90. The van der Waals surface area contributed by atoms with Crippen LogP contribution in [-0.4, -0.2) is 31.2 Å². The lowest BCUT2D eigenvalue weighted by molar-refractivity contribution is -0.126. The Morgan fingerprint density at radius 3 is 2.55 bits per heavy atom. The molecule has 3 N–H and O–H groups in total. The van der Waals surface area contributed by atoms with Crippen molar-refractivity contribution < 1.29 is 9.53 Å². The smallest absolute Gasteiger partial charge is 0.223 e. The highest BCUT2D eigenvalue weighted by Gasteiger charge is 2.24. The van der Waals surface area contributed by atoms with Gasteiger partial charge in [-0.3, -0.25) is 4.79 Å². The van der Waals surface area contributed by atoms with Crippen molar-refractivity contribution in [2.45, 2.75) is 69.9 Å². The standard InChI is InChI=1S/C15H28N2O2.ClH/c16-13-6-4-5-12(11-13)15(18)17-9-10-19-14-7-2-1-3-8-14;/h12-14H,1-11,16H2,(H,17,18);1H. The average molecular weight is 305 g/mol. The summed E-state index contributed by atoms with van der Waals surface area (Å²) in [7, 11) is 0. The zero-order chi connectivity index (χ0) is 13.5. The predicted molar refractivity (Wildman–Crippen MR) is 83.0 cm³/mol. The summed E-state index contributed by atoms with van der Waals surface area (Å²) in [5.74, 6) is 0.292. The Bertz CT molecular complexity index is 283. The molecule has 2 atom stereocenters. The van der Waals surface area contributed by atoms with E-state index in [9.17, 15) is 4.79 Å². The molecule has 0 aromatic rings. The van der Waals surface area contributed by atoms with Gasteiger partial charge in [0.25, 0.3) is 0 Å². The van der Waals surface area contributed by atoms with Crippen LogP contribution in [0.3, 0.4) is 0 Å². The van der Waals surface area contributed by atoms with Crippen molar-refractivity contribution in [1.29, 1.82) is 0 Å². The minimum absolute atomic E-state index is 0. The molecule has 4 nitrogen and oxygen atoms in total. The molecule has 0 bridgehead atoms. The van der Waals surface area contributed by atoms with Crippen LogP contribution in [0.4, 0.5) is 0 Å². The largest absolute Gasteiger partial charge is 0.376 e. The molecule has 5 heteroatoms. The molecule has 2 unspecified atom stereocenters. The maximum atomic E-state index is 12.0. The molecule has 0 aliphatic heterocycles. The van der Waals surface area contributed by atoms with E-state index < -0.39 is 0 Å². The number of rotatable bonds is 5. The summed E-state index contributed by atoms with van der Waals surface area (Å²) in [5, 5.41) is 2.99. The molecule has 0 aromatic carbocycles. The van der Waals surface area contributed by atoms with Crippen LogP contribution in [0.15, 0.2) is 0 Å². The third-order valence-corrected chi connectivity index (χ3v) is 4.39. The lowest BCUT2D eigenvalue weighted by Gasteiger charge is -2.26. The van der Waals surface area contributed by atoms with Crippen LogP contribution < -0.4 is 11.1 Å². The molecule has 0 radical (unpaired) electrons. The fourth-order valence-electron chi connectivity index (χ4n) is 3.24. The van der Waals surface area contributed by atoms with Gasteiger partial charge >= 0.3 is 0 Å². The van der Waals surface area contributed by atoms with Crippen LogP contribution >= 0.6 is 12.4 Å². The molecule has 2 saturated carbocycles. The average Bonchev–Trinajstić information content (AvgIpc) is 2.44. The number of hydrogen-bond acceptors (Lipinski definition) is 3.